The summed E-state index contributed by atoms with van der Waals surface area (Å²) in [5.41, 5.74) is 3.78. The monoisotopic (exact) mass is 327 g/mol. The molecule has 1 amide bonds. The SMILES string of the molecule is Cc1ccc(NC(=O)[C@@H](C)OC(=O)c2ccc(CO)cc2)c(C)c1. The maximum absolute atomic E-state index is 12.2. The molecule has 0 aliphatic rings. The Kier molecular flexibility index (Phi) is 5.71. The molecule has 0 saturated carbocycles. The lowest BCUT2D eigenvalue weighted by Crippen LogP contribution is -2.30. The highest BCUT2D eigenvalue weighted by molar-refractivity contribution is 5.97. The molecule has 0 aromatic heterocycles. The van der Waals surface area contributed by atoms with E-state index in [1.54, 1.807) is 24.3 Å². The third-order valence-corrected chi connectivity index (χ3v) is 3.67. The topological polar surface area (TPSA) is 75.6 Å². The molecular formula is C19H21NO4. The predicted octanol–water partition coefficient (Wildman–Crippen LogP) is 2.98. The second-order valence-corrected chi connectivity index (χ2v) is 5.71. The Labute approximate surface area is 141 Å². The molecule has 0 unspecified atom stereocenters. The van der Waals surface area contributed by atoms with Crippen LogP contribution in [0.4, 0.5) is 5.69 Å². The first-order valence-corrected chi connectivity index (χ1v) is 7.69. The van der Waals surface area contributed by atoms with Crippen molar-refractivity contribution in [3.63, 3.8) is 0 Å². The van der Waals surface area contributed by atoms with E-state index in [9.17, 15) is 9.59 Å². The van der Waals surface area contributed by atoms with Gasteiger partial charge in [-0.15, -0.1) is 0 Å². The van der Waals surface area contributed by atoms with Gasteiger partial charge in [-0.05, 0) is 50.1 Å². The maximum Gasteiger partial charge on any atom is 0.338 e. The summed E-state index contributed by atoms with van der Waals surface area (Å²) in [5.74, 6) is -0.968. The number of ether oxygens (including phenoxy) is 1. The van der Waals surface area contributed by atoms with E-state index in [0.29, 0.717) is 16.8 Å². The second-order valence-electron chi connectivity index (χ2n) is 5.71. The summed E-state index contributed by atoms with van der Waals surface area (Å²) in [6, 6.07) is 12.1. The fraction of sp³-hybridized carbons (Fsp3) is 0.263. The van der Waals surface area contributed by atoms with Crippen LogP contribution in [0.5, 0.6) is 0 Å². The normalized spacial score (nSPS) is 11.7. The maximum atomic E-state index is 12.2. The van der Waals surface area contributed by atoms with E-state index in [4.69, 9.17) is 9.84 Å². The summed E-state index contributed by atoms with van der Waals surface area (Å²) < 4.78 is 5.19. The van der Waals surface area contributed by atoms with Gasteiger partial charge in [0.2, 0.25) is 0 Å². The number of esters is 1. The van der Waals surface area contributed by atoms with E-state index in [-0.39, 0.29) is 12.5 Å². The molecule has 2 aromatic rings. The highest BCUT2D eigenvalue weighted by atomic mass is 16.5. The van der Waals surface area contributed by atoms with Crippen molar-refractivity contribution >= 4 is 17.6 Å². The van der Waals surface area contributed by atoms with Crippen LogP contribution in [-0.4, -0.2) is 23.1 Å². The number of hydrogen-bond acceptors (Lipinski definition) is 4. The molecule has 0 bridgehead atoms. The Morgan fingerprint density at radius 2 is 1.79 bits per heavy atom. The van der Waals surface area contributed by atoms with Crippen LogP contribution in [0.2, 0.25) is 0 Å². The zero-order chi connectivity index (χ0) is 17.7. The van der Waals surface area contributed by atoms with Crippen molar-refractivity contribution in [2.75, 3.05) is 5.32 Å². The lowest BCUT2D eigenvalue weighted by molar-refractivity contribution is -0.123. The fourth-order valence-electron chi connectivity index (χ4n) is 2.22. The standard InChI is InChI=1S/C19H21NO4/c1-12-4-9-17(13(2)10-12)20-18(22)14(3)24-19(23)16-7-5-15(11-21)6-8-16/h4-10,14,21H,11H2,1-3H3,(H,20,22)/t14-/m1/s1. The van der Waals surface area contributed by atoms with Crippen LogP contribution in [0.3, 0.4) is 0 Å². The van der Waals surface area contributed by atoms with E-state index in [0.717, 1.165) is 11.1 Å². The average molecular weight is 327 g/mol. The third-order valence-electron chi connectivity index (χ3n) is 3.67. The van der Waals surface area contributed by atoms with Gasteiger partial charge in [-0.1, -0.05) is 29.8 Å². The van der Waals surface area contributed by atoms with Crippen molar-refractivity contribution in [3.05, 3.63) is 64.7 Å². The molecule has 24 heavy (non-hydrogen) atoms. The molecular weight excluding hydrogens is 306 g/mol. The van der Waals surface area contributed by atoms with Gasteiger partial charge in [-0.25, -0.2) is 4.79 Å². The lowest BCUT2D eigenvalue weighted by Gasteiger charge is -2.15. The predicted molar refractivity (Wildman–Crippen MR) is 91.8 cm³/mol. The molecule has 0 heterocycles. The minimum atomic E-state index is -0.921. The fourth-order valence-corrected chi connectivity index (χ4v) is 2.22. The van der Waals surface area contributed by atoms with Crippen LogP contribution >= 0.6 is 0 Å². The van der Waals surface area contributed by atoms with Crippen LogP contribution in [0, 0.1) is 13.8 Å². The number of amides is 1. The second kappa shape index (κ2) is 7.75. The largest absolute Gasteiger partial charge is 0.449 e. The molecule has 5 heteroatoms. The number of nitrogens with one attached hydrogen (secondary N) is 1. The van der Waals surface area contributed by atoms with Gasteiger partial charge in [0.05, 0.1) is 12.2 Å². The van der Waals surface area contributed by atoms with Gasteiger partial charge >= 0.3 is 5.97 Å². The van der Waals surface area contributed by atoms with E-state index >= 15 is 0 Å². The summed E-state index contributed by atoms with van der Waals surface area (Å²) in [4.78, 5) is 24.3. The summed E-state index contributed by atoms with van der Waals surface area (Å²) in [7, 11) is 0. The van der Waals surface area contributed by atoms with Crippen LogP contribution in [0.1, 0.15) is 34.0 Å². The molecule has 0 spiro atoms. The molecule has 126 valence electrons. The van der Waals surface area contributed by atoms with Gasteiger partial charge in [-0.3, -0.25) is 4.79 Å². The molecule has 0 aliphatic heterocycles. The number of benzene rings is 2. The third kappa shape index (κ3) is 4.43. The average Bonchev–Trinajstić information content (AvgIpc) is 2.57. The molecule has 0 fully saturated rings. The minimum absolute atomic E-state index is 0.0932. The van der Waals surface area contributed by atoms with Crippen molar-refractivity contribution in [2.24, 2.45) is 0 Å². The van der Waals surface area contributed by atoms with Crippen LogP contribution < -0.4 is 5.32 Å². The van der Waals surface area contributed by atoms with E-state index in [1.807, 2.05) is 32.0 Å². The number of rotatable bonds is 5. The van der Waals surface area contributed by atoms with Crippen molar-refractivity contribution < 1.29 is 19.4 Å². The lowest BCUT2D eigenvalue weighted by atomic mass is 10.1. The highest BCUT2D eigenvalue weighted by Crippen LogP contribution is 2.17. The number of aliphatic hydroxyl groups excluding tert-OH is 1. The molecule has 0 radical (unpaired) electrons. The summed E-state index contributed by atoms with van der Waals surface area (Å²) in [5, 5.41) is 11.8. The quantitative estimate of drug-likeness (QED) is 0.828. The Morgan fingerprint density at radius 3 is 2.38 bits per heavy atom. The zero-order valence-electron chi connectivity index (χ0n) is 14.0. The van der Waals surface area contributed by atoms with Crippen molar-refractivity contribution in [1.29, 1.82) is 0 Å². The van der Waals surface area contributed by atoms with E-state index in [2.05, 4.69) is 5.32 Å². The number of anilines is 1. The Morgan fingerprint density at radius 1 is 1.12 bits per heavy atom. The van der Waals surface area contributed by atoms with Crippen molar-refractivity contribution in [2.45, 2.75) is 33.5 Å². The van der Waals surface area contributed by atoms with Gasteiger partial charge in [-0.2, -0.15) is 0 Å². The number of aliphatic hydroxyl groups is 1. The Hall–Kier alpha value is -2.66. The Bertz CT molecular complexity index is 738. The van der Waals surface area contributed by atoms with Crippen molar-refractivity contribution in [3.8, 4) is 0 Å². The number of carbonyl (C=O) groups excluding carboxylic acids is 2. The number of carbonyl (C=O) groups is 2. The minimum Gasteiger partial charge on any atom is -0.449 e. The molecule has 2 rings (SSSR count). The number of hydrogen-bond donors (Lipinski definition) is 2. The molecule has 0 saturated heterocycles. The van der Waals surface area contributed by atoms with Gasteiger partial charge in [0.1, 0.15) is 0 Å². The Balaban J connectivity index is 1.98. The van der Waals surface area contributed by atoms with Gasteiger partial charge in [0.15, 0.2) is 6.10 Å². The van der Waals surface area contributed by atoms with Gasteiger partial charge in [0.25, 0.3) is 5.91 Å². The first-order chi connectivity index (χ1) is 11.4. The van der Waals surface area contributed by atoms with Crippen LogP contribution in [0.25, 0.3) is 0 Å². The highest BCUT2D eigenvalue weighted by Gasteiger charge is 2.19. The molecule has 0 aliphatic carbocycles. The smallest absolute Gasteiger partial charge is 0.338 e. The van der Waals surface area contributed by atoms with Crippen LogP contribution in [-0.2, 0) is 16.1 Å². The van der Waals surface area contributed by atoms with Crippen LogP contribution in [0.15, 0.2) is 42.5 Å². The summed E-state index contributed by atoms with van der Waals surface area (Å²) >= 11 is 0. The number of aryl methyl sites for hydroxylation is 2. The first kappa shape index (κ1) is 17.7. The molecule has 2 N–H and O–H groups in total. The van der Waals surface area contributed by atoms with Crippen molar-refractivity contribution in [1.82, 2.24) is 0 Å². The van der Waals surface area contributed by atoms with E-state index in [1.165, 1.54) is 6.92 Å². The molecule has 2 aromatic carbocycles. The first-order valence-electron chi connectivity index (χ1n) is 7.69. The van der Waals surface area contributed by atoms with Gasteiger partial charge < -0.3 is 15.2 Å². The summed E-state index contributed by atoms with van der Waals surface area (Å²) in [6.45, 7) is 5.32. The molecule has 1 atom stereocenters. The molecule has 5 nitrogen and oxygen atoms in total. The van der Waals surface area contributed by atoms with Gasteiger partial charge in [0, 0.05) is 5.69 Å². The summed E-state index contributed by atoms with van der Waals surface area (Å²) in [6.07, 6.45) is -0.921. The zero-order valence-corrected chi connectivity index (χ0v) is 14.0. The van der Waals surface area contributed by atoms with E-state index < -0.39 is 12.1 Å².